The van der Waals surface area contributed by atoms with Crippen molar-refractivity contribution in [3.05, 3.63) is 56.6 Å². The number of anilines is 1. The predicted molar refractivity (Wildman–Crippen MR) is 105 cm³/mol. The summed E-state index contributed by atoms with van der Waals surface area (Å²) in [5.74, 6) is 0. The van der Waals surface area contributed by atoms with E-state index in [1.54, 1.807) is 0 Å². The highest BCUT2D eigenvalue weighted by molar-refractivity contribution is 6.39. The number of nitro benzene ring substituents is 1. The minimum Gasteiger partial charge on any atom is -0.372 e. The second-order valence-electron chi connectivity index (χ2n) is 5.45. The van der Waals surface area contributed by atoms with E-state index in [1.807, 2.05) is 24.3 Å². The number of non-ortho nitro benzene ring substituents is 1. The van der Waals surface area contributed by atoms with Crippen molar-refractivity contribution in [2.75, 3.05) is 24.5 Å². The zero-order chi connectivity index (χ0) is 19.1. The number of nitrogens with two attached hydrogens (primary N) is 1. The first-order valence-corrected chi connectivity index (χ1v) is 8.82. The maximum Gasteiger partial charge on any atom is 0.272 e. The lowest BCUT2D eigenvalue weighted by Crippen LogP contribution is -2.25. The highest BCUT2D eigenvalue weighted by Gasteiger charge is 2.14. The number of hydrogen-bond donors (Lipinski definition) is 1. The average molecular weight is 396 g/mol. The first kappa shape index (κ1) is 20.1. The van der Waals surface area contributed by atoms with Crippen LogP contribution in [0.25, 0.3) is 0 Å². The van der Waals surface area contributed by atoms with Gasteiger partial charge in [-0.15, -0.1) is 5.11 Å². The van der Waals surface area contributed by atoms with Gasteiger partial charge in [0.25, 0.3) is 5.69 Å². The van der Waals surface area contributed by atoms with E-state index in [1.165, 1.54) is 12.1 Å². The molecular weight excluding hydrogens is 377 g/mol. The van der Waals surface area contributed by atoms with E-state index in [0.717, 1.165) is 25.2 Å². The second-order valence-corrected chi connectivity index (χ2v) is 6.27. The molecule has 0 saturated heterocycles. The molecule has 0 atom stereocenters. The maximum absolute atomic E-state index is 10.8. The van der Waals surface area contributed by atoms with Crippen molar-refractivity contribution in [1.82, 2.24) is 0 Å². The summed E-state index contributed by atoms with van der Waals surface area (Å²) < 4.78 is 0. The predicted octanol–water partition coefficient (Wildman–Crippen LogP) is 5.49. The fourth-order valence-electron chi connectivity index (χ4n) is 2.34. The Morgan fingerprint density at radius 2 is 1.77 bits per heavy atom. The summed E-state index contributed by atoms with van der Waals surface area (Å²) in [5.41, 5.74) is 7.26. The lowest BCUT2D eigenvalue weighted by atomic mass is 10.2. The fraction of sp³-hybridized carbons (Fsp3) is 0.294. The molecule has 9 heteroatoms. The highest BCUT2D eigenvalue weighted by Crippen LogP contribution is 2.37. The van der Waals surface area contributed by atoms with Crippen LogP contribution < -0.4 is 10.6 Å². The molecule has 0 radical (unpaired) electrons. The second kappa shape index (κ2) is 9.47. The SMILES string of the molecule is CCN(CCCN)c1ccc(/N=N\c2c(Cl)cc([N+](=O)[O-])cc2Cl)cc1. The Hall–Kier alpha value is -2.22. The average Bonchev–Trinajstić information content (AvgIpc) is 2.62. The molecule has 0 unspecified atom stereocenters. The summed E-state index contributed by atoms with van der Waals surface area (Å²) in [6.07, 6.45) is 0.923. The van der Waals surface area contributed by atoms with Crippen LogP contribution in [0.15, 0.2) is 46.6 Å². The topological polar surface area (TPSA) is 97.1 Å². The van der Waals surface area contributed by atoms with Crippen molar-refractivity contribution in [2.45, 2.75) is 13.3 Å². The third-order valence-electron chi connectivity index (χ3n) is 3.71. The van der Waals surface area contributed by atoms with Gasteiger partial charge in [-0.3, -0.25) is 10.1 Å². The van der Waals surface area contributed by atoms with Crippen LogP contribution in [0.5, 0.6) is 0 Å². The van der Waals surface area contributed by atoms with Gasteiger partial charge in [-0.25, -0.2) is 0 Å². The molecule has 0 saturated carbocycles. The van der Waals surface area contributed by atoms with E-state index >= 15 is 0 Å². The zero-order valence-corrected chi connectivity index (χ0v) is 15.7. The van der Waals surface area contributed by atoms with Gasteiger partial charge in [0.05, 0.1) is 20.7 Å². The van der Waals surface area contributed by atoms with Gasteiger partial charge in [-0.2, -0.15) is 5.11 Å². The Kier molecular flexibility index (Phi) is 7.32. The fourth-order valence-corrected chi connectivity index (χ4v) is 2.89. The van der Waals surface area contributed by atoms with Crippen LogP contribution in [0.4, 0.5) is 22.7 Å². The third-order valence-corrected chi connectivity index (χ3v) is 4.28. The van der Waals surface area contributed by atoms with Crippen LogP contribution in [0.3, 0.4) is 0 Å². The number of nitro groups is 1. The molecule has 2 aromatic carbocycles. The van der Waals surface area contributed by atoms with Gasteiger partial charge in [-0.1, -0.05) is 23.2 Å². The van der Waals surface area contributed by atoms with E-state index in [2.05, 4.69) is 22.1 Å². The first-order valence-electron chi connectivity index (χ1n) is 8.06. The van der Waals surface area contributed by atoms with Crippen molar-refractivity contribution in [2.24, 2.45) is 16.0 Å². The zero-order valence-electron chi connectivity index (χ0n) is 14.2. The quantitative estimate of drug-likeness (QED) is 0.362. The molecular formula is C17H19Cl2N5O2. The molecule has 0 fully saturated rings. The molecule has 0 aromatic heterocycles. The van der Waals surface area contributed by atoms with Gasteiger partial charge < -0.3 is 10.6 Å². The van der Waals surface area contributed by atoms with E-state index in [0.29, 0.717) is 12.2 Å². The minimum absolute atomic E-state index is 0.0727. The number of halogens is 2. The van der Waals surface area contributed by atoms with Crippen molar-refractivity contribution in [3.63, 3.8) is 0 Å². The summed E-state index contributed by atoms with van der Waals surface area (Å²) in [6, 6.07) is 9.96. The number of benzene rings is 2. The molecule has 2 rings (SSSR count). The summed E-state index contributed by atoms with van der Waals surface area (Å²) in [7, 11) is 0. The van der Waals surface area contributed by atoms with Crippen molar-refractivity contribution in [1.29, 1.82) is 0 Å². The van der Waals surface area contributed by atoms with Gasteiger partial charge in [0.2, 0.25) is 0 Å². The number of hydrogen-bond acceptors (Lipinski definition) is 6. The van der Waals surface area contributed by atoms with Crippen molar-refractivity contribution in [3.8, 4) is 0 Å². The molecule has 138 valence electrons. The highest BCUT2D eigenvalue weighted by atomic mass is 35.5. The van der Waals surface area contributed by atoms with Gasteiger partial charge >= 0.3 is 0 Å². The van der Waals surface area contributed by atoms with E-state index in [9.17, 15) is 10.1 Å². The number of rotatable bonds is 8. The molecule has 0 aliphatic carbocycles. The Morgan fingerprint density at radius 1 is 1.15 bits per heavy atom. The molecule has 2 N–H and O–H groups in total. The monoisotopic (exact) mass is 395 g/mol. The molecule has 0 bridgehead atoms. The Morgan fingerprint density at radius 3 is 2.27 bits per heavy atom. The van der Waals surface area contributed by atoms with E-state index in [4.69, 9.17) is 28.9 Å². The van der Waals surface area contributed by atoms with Crippen LogP contribution in [0.2, 0.25) is 10.0 Å². The Labute approximate surface area is 161 Å². The smallest absolute Gasteiger partial charge is 0.272 e. The van der Waals surface area contributed by atoms with Gasteiger partial charge in [0.15, 0.2) is 0 Å². The van der Waals surface area contributed by atoms with Crippen molar-refractivity contribution >= 4 is 46.0 Å². The molecule has 0 spiro atoms. The summed E-state index contributed by atoms with van der Waals surface area (Å²) in [5, 5.41) is 19.1. The summed E-state index contributed by atoms with van der Waals surface area (Å²) in [6.45, 7) is 4.51. The lowest BCUT2D eigenvalue weighted by molar-refractivity contribution is -0.384. The van der Waals surface area contributed by atoms with Gasteiger partial charge in [-0.05, 0) is 44.2 Å². The molecule has 7 nitrogen and oxygen atoms in total. The minimum atomic E-state index is -0.568. The number of azo groups is 1. The van der Waals surface area contributed by atoms with Crippen LogP contribution in [0, 0.1) is 10.1 Å². The summed E-state index contributed by atoms with van der Waals surface area (Å²) in [4.78, 5) is 12.4. The summed E-state index contributed by atoms with van der Waals surface area (Å²) >= 11 is 12.0. The Bertz CT molecular complexity index is 773. The third kappa shape index (κ3) is 5.14. The van der Waals surface area contributed by atoms with Crippen LogP contribution in [-0.4, -0.2) is 24.6 Å². The normalized spacial score (nSPS) is 11.1. The molecule has 0 aliphatic heterocycles. The largest absolute Gasteiger partial charge is 0.372 e. The van der Waals surface area contributed by atoms with Gasteiger partial charge in [0.1, 0.15) is 5.69 Å². The van der Waals surface area contributed by atoms with E-state index < -0.39 is 4.92 Å². The molecule has 2 aromatic rings. The van der Waals surface area contributed by atoms with Crippen LogP contribution in [-0.2, 0) is 0 Å². The number of nitrogens with zero attached hydrogens (tertiary/aromatic N) is 4. The van der Waals surface area contributed by atoms with Crippen molar-refractivity contribution < 1.29 is 4.92 Å². The molecule has 26 heavy (non-hydrogen) atoms. The maximum atomic E-state index is 10.8. The molecule has 0 heterocycles. The molecule has 0 amide bonds. The van der Waals surface area contributed by atoms with E-state index in [-0.39, 0.29) is 21.4 Å². The van der Waals surface area contributed by atoms with Crippen LogP contribution in [0.1, 0.15) is 13.3 Å². The Balaban J connectivity index is 2.17. The standard InChI is InChI=1S/C17H19Cl2N5O2/c1-2-23(9-3-8-20)13-6-4-12(5-7-13)21-22-17-15(18)10-14(24(25)26)11-16(17)19/h4-7,10-11H,2-3,8-9,20H2,1H3/b22-21-. The van der Waals surface area contributed by atoms with Crippen LogP contribution >= 0.6 is 23.2 Å². The molecule has 0 aliphatic rings. The lowest BCUT2D eigenvalue weighted by Gasteiger charge is -2.22. The van der Waals surface area contributed by atoms with Gasteiger partial charge in [0, 0.05) is 30.9 Å². The first-order chi connectivity index (χ1) is 12.5.